The van der Waals surface area contributed by atoms with Crippen molar-refractivity contribution in [2.24, 2.45) is 0 Å². The van der Waals surface area contributed by atoms with Gasteiger partial charge in [0.05, 0.1) is 7.11 Å². The van der Waals surface area contributed by atoms with Gasteiger partial charge in [0.2, 0.25) is 0 Å². The maximum absolute atomic E-state index is 11.6. The van der Waals surface area contributed by atoms with Gasteiger partial charge in [0.15, 0.2) is 0 Å². The van der Waals surface area contributed by atoms with Crippen LogP contribution < -0.4 is 0 Å². The standard InChI is InChI=1S/C11H19NO2/c1-8-4-3-5-9-6-7-10(12(8)9)11(13)14-2/h8-10H,3-7H2,1-2H3/t8-,9+,10-/m0/s1. The van der Waals surface area contributed by atoms with Gasteiger partial charge in [-0.05, 0) is 32.6 Å². The Hall–Kier alpha value is -0.570. The van der Waals surface area contributed by atoms with Crippen molar-refractivity contribution >= 4 is 5.97 Å². The zero-order chi connectivity index (χ0) is 10.1. The fourth-order valence-electron chi connectivity index (χ4n) is 3.04. The lowest BCUT2D eigenvalue weighted by Gasteiger charge is -2.38. The molecule has 3 heteroatoms. The highest BCUT2D eigenvalue weighted by atomic mass is 16.5. The molecular weight excluding hydrogens is 178 g/mol. The smallest absolute Gasteiger partial charge is 0.323 e. The van der Waals surface area contributed by atoms with E-state index in [0.29, 0.717) is 12.1 Å². The van der Waals surface area contributed by atoms with Gasteiger partial charge < -0.3 is 4.74 Å². The molecule has 0 bridgehead atoms. The molecule has 0 aromatic carbocycles. The molecule has 2 heterocycles. The number of esters is 1. The number of fused-ring (bicyclic) bond motifs is 1. The van der Waals surface area contributed by atoms with Crippen LogP contribution in [0.15, 0.2) is 0 Å². The predicted octanol–water partition coefficient (Wildman–Crippen LogP) is 1.56. The van der Waals surface area contributed by atoms with Gasteiger partial charge in [-0.1, -0.05) is 6.42 Å². The Morgan fingerprint density at radius 3 is 2.79 bits per heavy atom. The fourth-order valence-corrected chi connectivity index (χ4v) is 3.04. The zero-order valence-electron chi connectivity index (χ0n) is 9.03. The highest BCUT2D eigenvalue weighted by Crippen LogP contribution is 2.35. The second-order valence-electron chi connectivity index (χ2n) is 4.50. The van der Waals surface area contributed by atoms with Crippen LogP contribution in [0.1, 0.15) is 39.0 Å². The fraction of sp³-hybridized carbons (Fsp3) is 0.909. The number of ether oxygens (including phenoxy) is 1. The lowest BCUT2D eigenvalue weighted by Crippen LogP contribution is -2.48. The van der Waals surface area contributed by atoms with Crippen LogP contribution in [0.3, 0.4) is 0 Å². The van der Waals surface area contributed by atoms with E-state index in [2.05, 4.69) is 11.8 Å². The van der Waals surface area contributed by atoms with E-state index in [4.69, 9.17) is 4.74 Å². The molecule has 0 N–H and O–H groups in total. The first-order chi connectivity index (χ1) is 6.74. The first-order valence-corrected chi connectivity index (χ1v) is 5.59. The van der Waals surface area contributed by atoms with Crippen molar-refractivity contribution in [1.29, 1.82) is 0 Å². The van der Waals surface area contributed by atoms with Crippen molar-refractivity contribution in [3.05, 3.63) is 0 Å². The Labute approximate surface area is 85.4 Å². The number of piperidine rings is 1. The molecule has 3 atom stereocenters. The summed E-state index contributed by atoms with van der Waals surface area (Å²) in [6, 6.07) is 1.24. The van der Waals surface area contributed by atoms with Gasteiger partial charge in [0.1, 0.15) is 6.04 Å². The summed E-state index contributed by atoms with van der Waals surface area (Å²) in [7, 11) is 1.49. The van der Waals surface area contributed by atoms with Crippen LogP contribution in [0.4, 0.5) is 0 Å². The highest BCUT2D eigenvalue weighted by molar-refractivity contribution is 5.76. The molecule has 2 rings (SSSR count). The predicted molar refractivity (Wildman–Crippen MR) is 54.0 cm³/mol. The molecule has 0 radical (unpaired) electrons. The summed E-state index contributed by atoms with van der Waals surface area (Å²) < 4.78 is 4.85. The van der Waals surface area contributed by atoms with Crippen molar-refractivity contribution in [3.8, 4) is 0 Å². The summed E-state index contributed by atoms with van der Waals surface area (Å²) in [5.74, 6) is -0.0405. The summed E-state index contributed by atoms with van der Waals surface area (Å²) in [5, 5.41) is 0. The Bertz CT molecular complexity index is 229. The van der Waals surface area contributed by atoms with Crippen LogP contribution in [0.2, 0.25) is 0 Å². The van der Waals surface area contributed by atoms with Gasteiger partial charge >= 0.3 is 5.97 Å². The summed E-state index contributed by atoms with van der Waals surface area (Å²) in [6.45, 7) is 2.23. The Morgan fingerprint density at radius 1 is 1.29 bits per heavy atom. The molecule has 0 aromatic heterocycles. The molecule has 3 nitrogen and oxygen atoms in total. The second-order valence-corrected chi connectivity index (χ2v) is 4.50. The van der Waals surface area contributed by atoms with Crippen LogP contribution in [-0.2, 0) is 9.53 Å². The van der Waals surface area contributed by atoms with E-state index in [1.807, 2.05) is 0 Å². The van der Waals surface area contributed by atoms with Crippen molar-refractivity contribution in [2.75, 3.05) is 7.11 Å². The Morgan fingerprint density at radius 2 is 2.07 bits per heavy atom. The van der Waals surface area contributed by atoms with Crippen LogP contribution >= 0.6 is 0 Å². The maximum Gasteiger partial charge on any atom is 0.323 e. The van der Waals surface area contributed by atoms with E-state index < -0.39 is 0 Å². The molecule has 14 heavy (non-hydrogen) atoms. The largest absolute Gasteiger partial charge is 0.468 e. The zero-order valence-corrected chi connectivity index (χ0v) is 9.03. The average molecular weight is 197 g/mol. The number of carbonyl (C=O) groups is 1. The molecule has 2 fully saturated rings. The van der Waals surface area contributed by atoms with E-state index in [9.17, 15) is 4.79 Å². The lowest BCUT2D eigenvalue weighted by atomic mass is 9.97. The molecule has 2 aliphatic rings. The highest BCUT2D eigenvalue weighted by Gasteiger charge is 2.42. The summed E-state index contributed by atoms with van der Waals surface area (Å²) in [4.78, 5) is 13.9. The molecule has 0 amide bonds. The van der Waals surface area contributed by atoms with Crippen molar-refractivity contribution in [3.63, 3.8) is 0 Å². The van der Waals surface area contributed by atoms with E-state index in [1.54, 1.807) is 0 Å². The first kappa shape index (κ1) is 9.97. The molecule has 80 valence electrons. The topological polar surface area (TPSA) is 29.5 Å². The van der Waals surface area contributed by atoms with E-state index in [0.717, 1.165) is 6.42 Å². The summed E-state index contributed by atoms with van der Waals surface area (Å²) >= 11 is 0. The maximum atomic E-state index is 11.6. The molecule has 0 saturated carbocycles. The molecule has 2 saturated heterocycles. The minimum absolute atomic E-state index is 0.0405. The normalized spacial score (nSPS) is 38.0. The third-order valence-electron chi connectivity index (χ3n) is 3.70. The second kappa shape index (κ2) is 3.89. The first-order valence-electron chi connectivity index (χ1n) is 5.59. The van der Waals surface area contributed by atoms with Crippen LogP contribution in [0, 0.1) is 0 Å². The molecular formula is C11H19NO2. The van der Waals surface area contributed by atoms with Crippen molar-refractivity contribution < 1.29 is 9.53 Å². The number of hydrogen-bond acceptors (Lipinski definition) is 3. The number of rotatable bonds is 1. The molecule has 0 unspecified atom stereocenters. The molecule has 0 aromatic rings. The molecule has 2 aliphatic heterocycles. The van der Waals surface area contributed by atoms with E-state index in [1.165, 1.54) is 32.8 Å². The van der Waals surface area contributed by atoms with Crippen molar-refractivity contribution in [2.45, 2.75) is 57.2 Å². The van der Waals surface area contributed by atoms with Crippen molar-refractivity contribution in [1.82, 2.24) is 4.90 Å². The van der Waals surface area contributed by atoms with Gasteiger partial charge in [0, 0.05) is 12.1 Å². The molecule has 0 spiro atoms. The Balaban J connectivity index is 2.10. The van der Waals surface area contributed by atoms with Crippen LogP contribution in [-0.4, -0.2) is 36.1 Å². The van der Waals surface area contributed by atoms with Gasteiger partial charge in [-0.25, -0.2) is 0 Å². The summed E-state index contributed by atoms with van der Waals surface area (Å²) in [5.41, 5.74) is 0. The number of nitrogens with zero attached hydrogens (tertiary/aromatic N) is 1. The van der Waals surface area contributed by atoms with Crippen LogP contribution in [0.5, 0.6) is 0 Å². The van der Waals surface area contributed by atoms with Crippen LogP contribution in [0.25, 0.3) is 0 Å². The minimum Gasteiger partial charge on any atom is -0.468 e. The number of carbonyl (C=O) groups excluding carboxylic acids is 1. The minimum atomic E-state index is -0.0405. The third-order valence-corrected chi connectivity index (χ3v) is 3.70. The third kappa shape index (κ3) is 1.54. The van der Waals surface area contributed by atoms with Gasteiger partial charge in [-0.3, -0.25) is 9.69 Å². The van der Waals surface area contributed by atoms with Gasteiger partial charge in [-0.2, -0.15) is 0 Å². The van der Waals surface area contributed by atoms with E-state index in [-0.39, 0.29) is 12.0 Å². The summed E-state index contributed by atoms with van der Waals surface area (Å²) in [6.07, 6.45) is 5.96. The van der Waals surface area contributed by atoms with Gasteiger partial charge in [-0.15, -0.1) is 0 Å². The monoisotopic (exact) mass is 197 g/mol. The quantitative estimate of drug-likeness (QED) is 0.597. The van der Waals surface area contributed by atoms with Gasteiger partial charge in [0.25, 0.3) is 0 Å². The Kier molecular flexibility index (Phi) is 2.77. The number of hydrogen-bond donors (Lipinski definition) is 0. The number of methoxy groups -OCH3 is 1. The lowest BCUT2D eigenvalue weighted by molar-refractivity contribution is -0.147. The molecule has 0 aliphatic carbocycles. The SMILES string of the molecule is COC(=O)[C@@H]1CC[C@H]2CCC[C@H](C)N21. The average Bonchev–Trinajstić information content (AvgIpc) is 2.62. The van der Waals surface area contributed by atoms with E-state index >= 15 is 0 Å².